The van der Waals surface area contributed by atoms with Gasteiger partial charge in [-0.15, -0.1) is 5.10 Å². The summed E-state index contributed by atoms with van der Waals surface area (Å²) in [6, 6.07) is 11.8. The number of aromatic nitrogens is 3. The first kappa shape index (κ1) is 22.6. The standard InChI is InChI=1S/C22H21F4N5O2/c1-33-18-9-7-16(8-10-18)29-11-2-12-30(14-13-29)21(32)19-20(22(24,25)26)31(28-27-19)17-5-3-15(23)4-6-17/h3-10H,2,11-14H2,1H3. The van der Waals surface area contributed by atoms with E-state index in [-0.39, 0.29) is 18.8 Å². The molecule has 174 valence electrons. The molecule has 1 amide bonds. The van der Waals surface area contributed by atoms with E-state index in [0.29, 0.717) is 29.9 Å². The average molecular weight is 463 g/mol. The molecule has 0 saturated carbocycles. The van der Waals surface area contributed by atoms with Crippen LogP contribution in [0.2, 0.25) is 0 Å². The number of amides is 1. The number of benzene rings is 2. The third kappa shape index (κ3) is 4.76. The Balaban J connectivity index is 1.57. The van der Waals surface area contributed by atoms with Gasteiger partial charge in [-0.1, -0.05) is 5.21 Å². The molecular formula is C22H21F4N5O2. The molecule has 0 N–H and O–H groups in total. The molecule has 33 heavy (non-hydrogen) atoms. The Morgan fingerprint density at radius 2 is 1.61 bits per heavy atom. The lowest BCUT2D eigenvalue weighted by Crippen LogP contribution is -2.36. The molecule has 1 aromatic heterocycles. The molecule has 0 unspecified atom stereocenters. The molecule has 0 bridgehead atoms. The molecule has 1 fully saturated rings. The quantitative estimate of drug-likeness (QED) is 0.551. The fourth-order valence-electron chi connectivity index (χ4n) is 3.76. The molecule has 0 aliphatic carbocycles. The first-order chi connectivity index (χ1) is 15.8. The van der Waals surface area contributed by atoms with Crippen LogP contribution in [0.4, 0.5) is 23.2 Å². The van der Waals surface area contributed by atoms with Gasteiger partial charge in [0.2, 0.25) is 0 Å². The van der Waals surface area contributed by atoms with Gasteiger partial charge in [0.25, 0.3) is 5.91 Å². The van der Waals surface area contributed by atoms with Crippen LogP contribution in [0.15, 0.2) is 48.5 Å². The highest BCUT2D eigenvalue weighted by Crippen LogP contribution is 2.33. The van der Waals surface area contributed by atoms with Gasteiger partial charge in [0.1, 0.15) is 11.6 Å². The summed E-state index contributed by atoms with van der Waals surface area (Å²) >= 11 is 0. The van der Waals surface area contributed by atoms with Crippen LogP contribution in [0, 0.1) is 5.82 Å². The van der Waals surface area contributed by atoms with Gasteiger partial charge in [0.05, 0.1) is 12.8 Å². The van der Waals surface area contributed by atoms with E-state index in [1.807, 2.05) is 24.3 Å². The maximum Gasteiger partial charge on any atom is 0.435 e. The van der Waals surface area contributed by atoms with E-state index >= 15 is 0 Å². The molecule has 0 radical (unpaired) electrons. The first-order valence-corrected chi connectivity index (χ1v) is 10.2. The summed E-state index contributed by atoms with van der Waals surface area (Å²) in [4.78, 5) is 16.5. The minimum atomic E-state index is -4.89. The fraction of sp³-hybridized carbons (Fsp3) is 0.318. The number of methoxy groups -OCH3 is 1. The van der Waals surface area contributed by atoms with E-state index in [1.54, 1.807) is 7.11 Å². The van der Waals surface area contributed by atoms with E-state index in [1.165, 1.54) is 4.90 Å². The van der Waals surface area contributed by atoms with Crippen molar-refractivity contribution in [2.75, 3.05) is 38.2 Å². The Morgan fingerprint density at radius 3 is 2.24 bits per heavy atom. The summed E-state index contributed by atoms with van der Waals surface area (Å²) in [7, 11) is 1.58. The first-order valence-electron chi connectivity index (χ1n) is 10.2. The molecule has 1 aliphatic heterocycles. The van der Waals surface area contributed by atoms with Crippen molar-refractivity contribution < 1.29 is 27.1 Å². The second-order valence-electron chi connectivity index (χ2n) is 7.50. The minimum absolute atomic E-state index is 0.0446. The van der Waals surface area contributed by atoms with Crippen LogP contribution in [0.1, 0.15) is 22.6 Å². The topological polar surface area (TPSA) is 63.5 Å². The van der Waals surface area contributed by atoms with Gasteiger partial charge in [0, 0.05) is 31.9 Å². The molecule has 2 heterocycles. The van der Waals surface area contributed by atoms with Crippen LogP contribution in [-0.4, -0.2) is 59.1 Å². The number of nitrogens with zero attached hydrogens (tertiary/aromatic N) is 5. The lowest BCUT2D eigenvalue weighted by atomic mass is 10.2. The van der Waals surface area contributed by atoms with Gasteiger partial charge >= 0.3 is 6.18 Å². The van der Waals surface area contributed by atoms with Crippen molar-refractivity contribution in [2.24, 2.45) is 0 Å². The highest BCUT2D eigenvalue weighted by atomic mass is 19.4. The number of carbonyl (C=O) groups excluding carboxylic acids is 1. The van der Waals surface area contributed by atoms with Crippen molar-refractivity contribution in [3.05, 3.63) is 65.7 Å². The molecule has 7 nitrogen and oxygen atoms in total. The largest absolute Gasteiger partial charge is 0.497 e. The van der Waals surface area contributed by atoms with Crippen molar-refractivity contribution in [1.29, 1.82) is 0 Å². The lowest BCUT2D eigenvalue weighted by Gasteiger charge is -2.24. The van der Waals surface area contributed by atoms with Gasteiger partial charge < -0.3 is 14.5 Å². The third-order valence-corrected chi connectivity index (χ3v) is 5.43. The van der Waals surface area contributed by atoms with Crippen LogP contribution in [0.5, 0.6) is 5.75 Å². The number of anilines is 1. The van der Waals surface area contributed by atoms with E-state index in [0.717, 1.165) is 30.0 Å². The predicted octanol–water partition coefficient (Wildman–Crippen LogP) is 3.79. The number of halogens is 4. The molecular weight excluding hydrogens is 442 g/mol. The number of hydrogen-bond acceptors (Lipinski definition) is 5. The number of carbonyl (C=O) groups is 1. The maximum absolute atomic E-state index is 13.9. The Hall–Kier alpha value is -3.63. The van der Waals surface area contributed by atoms with Gasteiger partial charge in [-0.05, 0) is 55.0 Å². The predicted molar refractivity (Wildman–Crippen MR) is 112 cm³/mol. The zero-order chi connectivity index (χ0) is 23.6. The van der Waals surface area contributed by atoms with Gasteiger partial charge in [0.15, 0.2) is 11.4 Å². The zero-order valence-corrected chi connectivity index (χ0v) is 17.7. The summed E-state index contributed by atoms with van der Waals surface area (Å²) in [5, 5.41) is 7.12. The molecule has 0 atom stereocenters. The number of hydrogen-bond donors (Lipinski definition) is 0. The van der Waals surface area contributed by atoms with Crippen LogP contribution < -0.4 is 9.64 Å². The normalized spacial score (nSPS) is 14.8. The molecule has 2 aromatic carbocycles. The SMILES string of the molecule is COc1ccc(N2CCCN(C(=O)c3nnn(-c4ccc(F)cc4)c3C(F)(F)F)CC2)cc1. The zero-order valence-electron chi connectivity index (χ0n) is 17.7. The molecule has 4 rings (SSSR count). The Morgan fingerprint density at radius 1 is 0.939 bits per heavy atom. The summed E-state index contributed by atoms with van der Waals surface area (Å²) in [5.41, 5.74) is -1.17. The molecule has 1 saturated heterocycles. The monoisotopic (exact) mass is 463 g/mol. The van der Waals surface area contributed by atoms with Gasteiger partial charge in [-0.2, -0.15) is 13.2 Å². The smallest absolute Gasteiger partial charge is 0.435 e. The summed E-state index contributed by atoms with van der Waals surface area (Å²) in [5.74, 6) is -0.726. The lowest BCUT2D eigenvalue weighted by molar-refractivity contribution is -0.143. The van der Waals surface area contributed by atoms with Crippen molar-refractivity contribution in [1.82, 2.24) is 19.9 Å². The van der Waals surface area contributed by atoms with Crippen LogP contribution >= 0.6 is 0 Å². The molecule has 0 spiro atoms. The van der Waals surface area contributed by atoms with Crippen LogP contribution in [0.25, 0.3) is 5.69 Å². The number of alkyl halides is 3. The van der Waals surface area contributed by atoms with Crippen molar-refractivity contribution >= 4 is 11.6 Å². The third-order valence-electron chi connectivity index (χ3n) is 5.43. The summed E-state index contributed by atoms with van der Waals surface area (Å²) in [6.07, 6.45) is -4.31. The minimum Gasteiger partial charge on any atom is -0.497 e. The number of ether oxygens (including phenoxy) is 1. The van der Waals surface area contributed by atoms with E-state index in [2.05, 4.69) is 15.2 Å². The second kappa shape index (κ2) is 9.08. The Kier molecular flexibility index (Phi) is 6.21. The van der Waals surface area contributed by atoms with Gasteiger partial charge in [-0.3, -0.25) is 4.79 Å². The highest BCUT2D eigenvalue weighted by Gasteiger charge is 2.43. The van der Waals surface area contributed by atoms with E-state index in [9.17, 15) is 22.4 Å². The van der Waals surface area contributed by atoms with E-state index < -0.39 is 29.3 Å². The number of rotatable bonds is 4. The molecule has 11 heteroatoms. The van der Waals surface area contributed by atoms with Crippen LogP contribution in [0.3, 0.4) is 0 Å². The molecule has 1 aliphatic rings. The Labute approximate surface area is 187 Å². The maximum atomic E-state index is 13.9. The second-order valence-corrected chi connectivity index (χ2v) is 7.50. The summed E-state index contributed by atoms with van der Waals surface area (Å²) in [6.45, 7) is 1.60. The van der Waals surface area contributed by atoms with Crippen LogP contribution in [-0.2, 0) is 6.18 Å². The van der Waals surface area contributed by atoms with Crippen molar-refractivity contribution in [2.45, 2.75) is 12.6 Å². The fourth-order valence-corrected chi connectivity index (χ4v) is 3.76. The van der Waals surface area contributed by atoms with E-state index in [4.69, 9.17) is 4.74 Å². The van der Waals surface area contributed by atoms with Gasteiger partial charge in [-0.25, -0.2) is 9.07 Å². The highest BCUT2D eigenvalue weighted by molar-refractivity contribution is 5.93. The Bertz CT molecular complexity index is 1110. The molecule has 3 aromatic rings. The van der Waals surface area contributed by atoms with Crippen molar-refractivity contribution in [3.8, 4) is 11.4 Å². The summed E-state index contributed by atoms with van der Waals surface area (Å²) < 4.78 is 60.6. The average Bonchev–Trinajstić information content (AvgIpc) is 3.11. The van der Waals surface area contributed by atoms with Crippen molar-refractivity contribution in [3.63, 3.8) is 0 Å².